The van der Waals surface area contributed by atoms with Crippen molar-refractivity contribution in [2.45, 2.75) is 12.3 Å². The van der Waals surface area contributed by atoms with Gasteiger partial charge < -0.3 is 10.1 Å². The molecule has 3 rings (SSSR count). The van der Waals surface area contributed by atoms with Gasteiger partial charge in [0.1, 0.15) is 5.75 Å². The molecule has 2 atom stereocenters. The molecule has 0 bridgehead atoms. The zero-order chi connectivity index (χ0) is 19.4. The number of carbonyl (C=O) groups excluding carboxylic acids is 1. The van der Waals surface area contributed by atoms with Gasteiger partial charge >= 0.3 is 0 Å². The lowest BCUT2D eigenvalue weighted by Gasteiger charge is -2.14. The first-order chi connectivity index (χ1) is 13.0. The molecule has 1 fully saturated rings. The van der Waals surface area contributed by atoms with E-state index in [1.165, 1.54) is 25.3 Å². The predicted molar refractivity (Wildman–Crippen MR) is 104 cm³/mol. The van der Waals surface area contributed by atoms with Crippen LogP contribution in [0.25, 0.3) is 0 Å². The minimum atomic E-state index is -0.512. The van der Waals surface area contributed by atoms with Gasteiger partial charge in [-0.05, 0) is 36.2 Å². The van der Waals surface area contributed by atoms with Crippen molar-refractivity contribution in [1.82, 2.24) is 10.9 Å². The Morgan fingerprint density at radius 1 is 1.22 bits per heavy atom. The Kier molecular flexibility index (Phi) is 5.51. The number of nitrogens with one attached hydrogen (secondary N) is 3. The number of hydrazine groups is 1. The fourth-order valence-corrected chi connectivity index (χ4v) is 2.98. The maximum atomic E-state index is 12.2. The molecule has 0 spiro atoms. The van der Waals surface area contributed by atoms with E-state index in [0.29, 0.717) is 5.69 Å². The van der Waals surface area contributed by atoms with Gasteiger partial charge in [0.15, 0.2) is 5.11 Å². The second-order valence-corrected chi connectivity index (χ2v) is 6.48. The lowest BCUT2D eigenvalue weighted by Crippen LogP contribution is -2.44. The molecule has 140 valence electrons. The number of anilines is 1. The minimum absolute atomic E-state index is 0.0865. The smallest absolute Gasteiger partial charge is 0.273 e. The highest BCUT2D eigenvalue weighted by atomic mass is 32.1. The average molecular weight is 386 g/mol. The summed E-state index contributed by atoms with van der Waals surface area (Å²) in [5.74, 6) is 0.274. The van der Waals surface area contributed by atoms with Crippen LogP contribution in [0.5, 0.6) is 5.75 Å². The lowest BCUT2D eigenvalue weighted by atomic mass is 10.1. The standard InChI is InChI=1S/C18H18N4O4S/c1-26-16-9-12(22(24)25)7-8-15(16)19-18(27)21-20-17(23)14-10-13(14)11-5-3-2-4-6-11/h2-9,13-14H,10H2,1H3,(H,20,23)(H2,19,21,27)/t13-,14-/m1/s1. The second kappa shape index (κ2) is 8.00. The van der Waals surface area contributed by atoms with Crippen molar-refractivity contribution in [2.75, 3.05) is 12.4 Å². The number of amides is 1. The summed E-state index contributed by atoms with van der Waals surface area (Å²) in [7, 11) is 1.40. The number of thiocarbonyl (C=S) groups is 1. The van der Waals surface area contributed by atoms with Crippen molar-refractivity contribution in [3.05, 3.63) is 64.2 Å². The molecule has 0 heterocycles. The molecule has 2 aromatic rings. The molecular formula is C18H18N4O4S. The van der Waals surface area contributed by atoms with Gasteiger partial charge in [-0.3, -0.25) is 25.8 Å². The fraction of sp³-hybridized carbons (Fsp3) is 0.222. The van der Waals surface area contributed by atoms with Crippen LogP contribution in [-0.4, -0.2) is 23.1 Å². The normalized spacial score (nSPS) is 17.5. The molecule has 1 saturated carbocycles. The number of nitro groups is 1. The van der Waals surface area contributed by atoms with E-state index in [9.17, 15) is 14.9 Å². The number of carbonyl (C=O) groups is 1. The molecule has 0 aromatic heterocycles. The van der Waals surface area contributed by atoms with Crippen molar-refractivity contribution < 1.29 is 14.5 Å². The molecule has 1 amide bonds. The first-order valence-corrected chi connectivity index (χ1v) is 8.64. The van der Waals surface area contributed by atoms with Gasteiger partial charge in [0.2, 0.25) is 5.91 Å². The number of benzene rings is 2. The first kappa shape index (κ1) is 18.6. The van der Waals surface area contributed by atoms with Crippen molar-refractivity contribution in [1.29, 1.82) is 0 Å². The molecule has 0 aliphatic heterocycles. The van der Waals surface area contributed by atoms with Gasteiger partial charge in [-0.25, -0.2) is 0 Å². The quantitative estimate of drug-likeness (QED) is 0.412. The van der Waals surface area contributed by atoms with E-state index in [4.69, 9.17) is 17.0 Å². The number of hydrogen-bond donors (Lipinski definition) is 3. The number of methoxy groups -OCH3 is 1. The number of rotatable bonds is 5. The van der Waals surface area contributed by atoms with Crippen LogP contribution in [0.15, 0.2) is 48.5 Å². The van der Waals surface area contributed by atoms with Gasteiger partial charge in [-0.15, -0.1) is 0 Å². The van der Waals surface area contributed by atoms with E-state index < -0.39 is 4.92 Å². The highest BCUT2D eigenvalue weighted by Crippen LogP contribution is 2.47. The monoisotopic (exact) mass is 386 g/mol. The van der Waals surface area contributed by atoms with Crippen molar-refractivity contribution in [2.24, 2.45) is 5.92 Å². The molecule has 8 nitrogen and oxygen atoms in total. The molecular weight excluding hydrogens is 368 g/mol. The second-order valence-electron chi connectivity index (χ2n) is 6.07. The predicted octanol–water partition coefficient (Wildman–Crippen LogP) is 2.72. The molecule has 27 heavy (non-hydrogen) atoms. The third-order valence-electron chi connectivity index (χ3n) is 4.30. The van der Waals surface area contributed by atoms with Crippen LogP contribution in [-0.2, 0) is 4.79 Å². The first-order valence-electron chi connectivity index (χ1n) is 8.24. The van der Waals surface area contributed by atoms with Gasteiger partial charge in [-0.1, -0.05) is 30.3 Å². The minimum Gasteiger partial charge on any atom is -0.494 e. The molecule has 2 aromatic carbocycles. The summed E-state index contributed by atoms with van der Waals surface area (Å²) in [5.41, 5.74) is 6.74. The van der Waals surface area contributed by atoms with E-state index >= 15 is 0 Å². The highest BCUT2D eigenvalue weighted by Gasteiger charge is 2.43. The fourth-order valence-electron chi connectivity index (χ4n) is 2.81. The lowest BCUT2D eigenvalue weighted by molar-refractivity contribution is -0.384. The Morgan fingerprint density at radius 3 is 2.63 bits per heavy atom. The third kappa shape index (κ3) is 4.50. The molecule has 1 aliphatic carbocycles. The van der Waals surface area contributed by atoms with Crippen LogP contribution in [0, 0.1) is 16.0 Å². The van der Waals surface area contributed by atoms with E-state index in [2.05, 4.69) is 16.2 Å². The maximum absolute atomic E-state index is 12.2. The molecule has 9 heteroatoms. The Balaban J connectivity index is 1.52. The highest BCUT2D eigenvalue weighted by molar-refractivity contribution is 7.80. The average Bonchev–Trinajstić information content (AvgIpc) is 3.48. The Bertz CT molecular complexity index is 875. The van der Waals surface area contributed by atoms with Crippen molar-refractivity contribution in [3.63, 3.8) is 0 Å². The van der Waals surface area contributed by atoms with Gasteiger partial charge in [0, 0.05) is 12.0 Å². The van der Waals surface area contributed by atoms with E-state index in [1.54, 1.807) is 0 Å². The zero-order valence-electron chi connectivity index (χ0n) is 14.5. The topological polar surface area (TPSA) is 106 Å². The van der Waals surface area contributed by atoms with Crippen LogP contribution >= 0.6 is 12.2 Å². The zero-order valence-corrected chi connectivity index (χ0v) is 15.3. The maximum Gasteiger partial charge on any atom is 0.273 e. The SMILES string of the molecule is COc1cc([N+](=O)[O-])ccc1NC(=S)NNC(=O)[C@@H]1C[C@@H]1c1ccccc1. The molecule has 0 radical (unpaired) electrons. The summed E-state index contributed by atoms with van der Waals surface area (Å²) < 4.78 is 5.13. The van der Waals surface area contributed by atoms with Crippen LogP contribution in [0.3, 0.4) is 0 Å². The summed E-state index contributed by atoms with van der Waals surface area (Å²) in [6.07, 6.45) is 0.799. The van der Waals surface area contributed by atoms with E-state index in [-0.39, 0.29) is 34.3 Å². The number of hydrogen-bond acceptors (Lipinski definition) is 5. The van der Waals surface area contributed by atoms with E-state index in [0.717, 1.165) is 12.0 Å². The molecule has 0 saturated heterocycles. The summed E-state index contributed by atoms with van der Waals surface area (Å²) in [5, 5.41) is 13.8. The van der Waals surface area contributed by atoms with Gasteiger partial charge in [0.05, 0.1) is 23.8 Å². The number of ether oxygens (including phenoxy) is 1. The number of nitrogens with zero attached hydrogens (tertiary/aromatic N) is 1. The summed E-state index contributed by atoms with van der Waals surface area (Å²) >= 11 is 5.15. The van der Waals surface area contributed by atoms with Crippen LogP contribution < -0.4 is 20.9 Å². The van der Waals surface area contributed by atoms with Crippen LogP contribution in [0.1, 0.15) is 17.9 Å². The summed E-state index contributed by atoms with van der Waals surface area (Å²) in [4.78, 5) is 22.5. The Hall–Kier alpha value is -3.20. The van der Waals surface area contributed by atoms with Gasteiger partial charge in [0.25, 0.3) is 5.69 Å². The van der Waals surface area contributed by atoms with Gasteiger partial charge in [-0.2, -0.15) is 0 Å². The third-order valence-corrected chi connectivity index (χ3v) is 4.50. The molecule has 3 N–H and O–H groups in total. The number of non-ortho nitro benzene ring substituents is 1. The van der Waals surface area contributed by atoms with Crippen LogP contribution in [0.2, 0.25) is 0 Å². The Labute approximate surface area is 161 Å². The number of nitro benzene ring substituents is 1. The summed E-state index contributed by atoms with van der Waals surface area (Å²) in [6.45, 7) is 0. The van der Waals surface area contributed by atoms with Crippen molar-refractivity contribution in [3.8, 4) is 5.75 Å². The largest absolute Gasteiger partial charge is 0.494 e. The van der Waals surface area contributed by atoms with Crippen molar-refractivity contribution >= 4 is 34.6 Å². The summed E-state index contributed by atoms with van der Waals surface area (Å²) in [6, 6.07) is 14.0. The molecule has 0 unspecified atom stereocenters. The Morgan fingerprint density at radius 2 is 1.96 bits per heavy atom. The van der Waals surface area contributed by atoms with Crippen LogP contribution in [0.4, 0.5) is 11.4 Å². The van der Waals surface area contributed by atoms with E-state index in [1.807, 2.05) is 30.3 Å². The molecule has 1 aliphatic rings.